The van der Waals surface area contributed by atoms with Crippen molar-refractivity contribution in [2.75, 3.05) is 0 Å². The number of hydrogen-bond acceptors (Lipinski definition) is 3. The van der Waals surface area contributed by atoms with Crippen LogP contribution in [0.25, 0.3) is 0 Å². The van der Waals surface area contributed by atoms with Crippen molar-refractivity contribution < 1.29 is 4.92 Å². The summed E-state index contributed by atoms with van der Waals surface area (Å²) in [5.41, 5.74) is 0. The summed E-state index contributed by atoms with van der Waals surface area (Å²) in [6.45, 7) is 4.47. The van der Waals surface area contributed by atoms with Crippen molar-refractivity contribution in [1.82, 2.24) is 9.78 Å². The van der Waals surface area contributed by atoms with Crippen molar-refractivity contribution in [3.8, 4) is 0 Å². The van der Waals surface area contributed by atoms with Gasteiger partial charge in [-0.15, -0.1) is 0 Å². The van der Waals surface area contributed by atoms with Crippen LogP contribution in [0.4, 0.5) is 5.82 Å². The molecule has 94 valence electrons. The van der Waals surface area contributed by atoms with Gasteiger partial charge in [0.05, 0.1) is 17.3 Å². The van der Waals surface area contributed by atoms with Gasteiger partial charge in [-0.25, -0.2) is 0 Å². The molecule has 0 aliphatic heterocycles. The molecule has 1 heterocycles. The van der Waals surface area contributed by atoms with Crippen LogP contribution in [0.15, 0.2) is 6.20 Å². The molecule has 1 aromatic rings. The minimum absolute atomic E-state index is 0.126. The van der Waals surface area contributed by atoms with Crippen LogP contribution in [0.3, 0.4) is 0 Å². The smallest absolute Gasteiger partial charge is 0.358 e. The Bertz CT molecular complexity index is 432. The largest absolute Gasteiger partial charge is 0.408 e. The Morgan fingerprint density at radius 2 is 2.18 bits per heavy atom. The van der Waals surface area contributed by atoms with Crippen LogP contribution in [0, 0.1) is 22.0 Å². The Morgan fingerprint density at radius 3 is 2.71 bits per heavy atom. The molecule has 5 nitrogen and oxygen atoms in total. The first-order valence-electron chi connectivity index (χ1n) is 5.88. The fourth-order valence-electron chi connectivity index (χ4n) is 2.43. The van der Waals surface area contributed by atoms with E-state index in [0.29, 0.717) is 11.8 Å². The predicted molar refractivity (Wildman–Crippen MR) is 65.1 cm³/mol. The Labute approximate surface area is 105 Å². The standard InChI is InChI=1S/C11H16ClN3O2/c1-7-3-4-9(5-8(7)2)14-6-10(12)11(13-14)15(16)17/h6-9H,3-5H2,1-2H3. The molecule has 1 aliphatic carbocycles. The summed E-state index contributed by atoms with van der Waals surface area (Å²) in [7, 11) is 0. The number of nitro groups is 1. The lowest BCUT2D eigenvalue weighted by atomic mass is 9.79. The average molecular weight is 258 g/mol. The molecule has 0 amide bonds. The van der Waals surface area contributed by atoms with Gasteiger partial charge in [0.1, 0.15) is 0 Å². The van der Waals surface area contributed by atoms with Gasteiger partial charge in [-0.2, -0.15) is 4.68 Å². The maximum atomic E-state index is 10.7. The van der Waals surface area contributed by atoms with Crippen LogP contribution in [0.2, 0.25) is 5.02 Å². The van der Waals surface area contributed by atoms with Crippen molar-refractivity contribution in [1.29, 1.82) is 0 Å². The Hall–Kier alpha value is -1.10. The average Bonchev–Trinajstić information content (AvgIpc) is 2.64. The Kier molecular flexibility index (Phi) is 3.38. The third-order valence-electron chi connectivity index (χ3n) is 3.79. The van der Waals surface area contributed by atoms with E-state index in [9.17, 15) is 10.1 Å². The number of halogens is 1. The SMILES string of the molecule is CC1CCC(n2cc(Cl)c([N+](=O)[O-])n2)CC1C. The summed E-state index contributed by atoms with van der Waals surface area (Å²) >= 11 is 5.80. The molecule has 0 radical (unpaired) electrons. The van der Waals surface area contributed by atoms with E-state index in [4.69, 9.17) is 11.6 Å². The Balaban J connectivity index is 2.18. The summed E-state index contributed by atoms with van der Waals surface area (Å²) in [6, 6.07) is 0.243. The minimum atomic E-state index is -0.534. The van der Waals surface area contributed by atoms with E-state index in [1.54, 1.807) is 10.9 Å². The second kappa shape index (κ2) is 4.64. The van der Waals surface area contributed by atoms with Crippen molar-refractivity contribution in [3.05, 3.63) is 21.3 Å². The first-order valence-corrected chi connectivity index (χ1v) is 6.26. The quantitative estimate of drug-likeness (QED) is 0.602. The van der Waals surface area contributed by atoms with Crippen LogP contribution in [-0.2, 0) is 0 Å². The molecule has 3 unspecified atom stereocenters. The van der Waals surface area contributed by atoms with Crippen LogP contribution in [0.5, 0.6) is 0 Å². The second-order valence-electron chi connectivity index (χ2n) is 4.96. The number of nitrogens with zero attached hydrogens (tertiary/aromatic N) is 3. The zero-order chi connectivity index (χ0) is 12.6. The minimum Gasteiger partial charge on any atom is -0.358 e. The third kappa shape index (κ3) is 2.44. The van der Waals surface area contributed by atoms with Crippen LogP contribution in [-0.4, -0.2) is 14.7 Å². The summed E-state index contributed by atoms with van der Waals surface area (Å²) in [4.78, 5) is 10.1. The highest BCUT2D eigenvalue weighted by molar-refractivity contribution is 6.32. The zero-order valence-corrected chi connectivity index (χ0v) is 10.7. The van der Waals surface area contributed by atoms with E-state index >= 15 is 0 Å². The van der Waals surface area contributed by atoms with Crippen molar-refractivity contribution in [3.63, 3.8) is 0 Å². The van der Waals surface area contributed by atoms with Crippen molar-refractivity contribution in [2.45, 2.75) is 39.2 Å². The summed E-state index contributed by atoms with van der Waals surface area (Å²) < 4.78 is 1.67. The van der Waals surface area contributed by atoms with Gasteiger partial charge in [0.25, 0.3) is 0 Å². The van der Waals surface area contributed by atoms with E-state index in [1.807, 2.05) is 0 Å². The highest BCUT2D eigenvalue weighted by Crippen LogP contribution is 2.37. The van der Waals surface area contributed by atoms with Crippen LogP contribution < -0.4 is 0 Å². The molecular weight excluding hydrogens is 242 g/mol. The molecule has 2 rings (SSSR count). The van der Waals surface area contributed by atoms with Crippen LogP contribution in [0.1, 0.15) is 39.2 Å². The van der Waals surface area contributed by atoms with E-state index in [1.165, 1.54) is 0 Å². The normalized spacial score (nSPS) is 29.2. The number of aromatic nitrogens is 2. The number of hydrogen-bond donors (Lipinski definition) is 0. The van der Waals surface area contributed by atoms with Gasteiger partial charge in [0.2, 0.25) is 0 Å². The molecule has 0 bridgehead atoms. The van der Waals surface area contributed by atoms with Crippen molar-refractivity contribution >= 4 is 17.4 Å². The van der Waals surface area contributed by atoms with Crippen LogP contribution >= 0.6 is 11.6 Å². The van der Waals surface area contributed by atoms with Gasteiger partial charge >= 0.3 is 5.82 Å². The summed E-state index contributed by atoms with van der Waals surface area (Å²) in [5, 5.41) is 14.8. The molecule has 1 fully saturated rings. The van der Waals surface area contributed by atoms with E-state index in [2.05, 4.69) is 18.9 Å². The predicted octanol–water partition coefficient (Wildman–Crippen LogP) is 3.44. The lowest BCUT2D eigenvalue weighted by molar-refractivity contribution is -0.389. The van der Waals surface area contributed by atoms with E-state index < -0.39 is 4.92 Å². The molecule has 6 heteroatoms. The monoisotopic (exact) mass is 257 g/mol. The van der Waals surface area contributed by atoms with Gasteiger partial charge < -0.3 is 10.1 Å². The van der Waals surface area contributed by atoms with Gasteiger partial charge in [0.15, 0.2) is 5.02 Å². The zero-order valence-electron chi connectivity index (χ0n) is 9.97. The topological polar surface area (TPSA) is 61.0 Å². The Morgan fingerprint density at radius 1 is 1.47 bits per heavy atom. The molecule has 1 saturated carbocycles. The third-order valence-corrected chi connectivity index (χ3v) is 4.05. The fourth-order valence-corrected chi connectivity index (χ4v) is 2.64. The highest BCUT2D eigenvalue weighted by Gasteiger charge is 2.30. The maximum Gasteiger partial charge on any atom is 0.408 e. The molecule has 3 atom stereocenters. The summed E-state index contributed by atoms with van der Waals surface area (Å²) in [6.07, 6.45) is 4.74. The van der Waals surface area contributed by atoms with Gasteiger partial charge in [-0.1, -0.05) is 25.4 Å². The molecule has 0 aromatic carbocycles. The molecule has 1 aromatic heterocycles. The van der Waals surface area contributed by atoms with Gasteiger partial charge in [-0.05, 0) is 36.0 Å². The molecule has 0 N–H and O–H groups in total. The second-order valence-corrected chi connectivity index (χ2v) is 5.37. The molecule has 1 aliphatic rings. The fraction of sp³-hybridized carbons (Fsp3) is 0.727. The summed E-state index contributed by atoms with van der Waals surface area (Å²) in [5.74, 6) is 1.10. The molecule has 0 saturated heterocycles. The molecular formula is C11H16ClN3O2. The maximum absolute atomic E-state index is 10.7. The lowest BCUT2D eigenvalue weighted by Crippen LogP contribution is -2.23. The van der Waals surface area contributed by atoms with E-state index in [0.717, 1.165) is 19.3 Å². The lowest BCUT2D eigenvalue weighted by Gasteiger charge is -2.30. The number of rotatable bonds is 2. The van der Waals surface area contributed by atoms with Crippen molar-refractivity contribution in [2.24, 2.45) is 11.8 Å². The van der Waals surface area contributed by atoms with E-state index in [-0.39, 0.29) is 16.9 Å². The molecule has 0 spiro atoms. The van der Waals surface area contributed by atoms with Gasteiger partial charge in [0, 0.05) is 0 Å². The highest BCUT2D eigenvalue weighted by atomic mass is 35.5. The van der Waals surface area contributed by atoms with Gasteiger partial charge in [-0.3, -0.25) is 0 Å². The molecule has 17 heavy (non-hydrogen) atoms. The first kappa shape index (κ1) is 12.4. The first-order chi connectivity index (χ1) is 7.99.